The molecule has 0 spiro atoms. The monoisotopic (exact) mass is 243 g/mol. The minimum absolute atomic E-state index is 0.160. The van der Waals surface area contributed by atoms with Gasteiger partial charge in [0, 0.05) is 11.9 Å². The highest BCUT2D eigenvalue weighted by molar-refractivity contribution is 5.93. The first kappa shape index (κ1) is 11.0. The van der Waals surface area contributed by atoms with Crippen LogP contribution in [0.2, 0.25) is 0 Å². The Morgan fingerprint density at radius 2 is 2.11 bits per heavy atom. The molecule has 18 heavy (non-hydrogen) atoms. The van der Waals surface area contributed by atoms with Gasteiger partial charge in [-0.3, -0.25) is 0 Å². The van der Waals surface area contributed by atoms with Crippen molar-refractivity contribution in [3.05, 3.63) is 30.1 Å². The minimum atomic E-state index is -1.10. The Bertz CT molecular complexity index is 608. The fourth-order valence-corrected chi connectivity index (χ4v) is 1.87. The van der Waals surface area contributed by atoms with Crippen molar-refractivity contribution < 1.29 is 9.90 Å². The molecule has 0 radical (unpaired) electrons. The summed E-state index contributed by atoms with van der Waals surface area (Å²) in [5, 5.41) is 13.1. The Kier molecular flexibility index (Phi) is 2.59. The number of nitrogens with zero attached hydrogens (tertiary/aromatic N) is 2. The highest BCUT2D eigenvalue weighted by atomic mass is 16.4. The van der Waals surface area contributed by atoms with E-state index >= 15 is 0 Å². The third-order valence-electron chi connectivity index (χ3n) is 3.05. The number of rotatable bonds is 4. The molecule has 1 aliphatic rings. The van der Waals surface area contributed by atoms with Crippen LogP contribution in [-0.2, 0) is 0 Å². The number of fused-ring (bicyclic) bond motifs is 1. The summed E-state index contributed by atoms with van der Waals surface area (Å²) >= 11 is 0. The maximum absolute atomic E-state index is 11.0. The van der Waals surface area contributed by atoms with Crippen molar-refractivity contribution in [3.8, 4) is 0 Å². The third kappa shape index (κ3) is 2.11. The molecule has 2 N–H and O–H groups in total. The molecule has 3 rings (SSSR count). The molecule has 5 heteroatoms. The SMILES string of the molecule is O=C(O)c1nc(NCC2CC2)c2ccccc2n1. The fraction of sp³-hybridized carbons (Fsp3) is 0.308. The molecule has 0 atom stereocenters. The van der Waals surface area contributed by atoms with E-state index in [-0.39, 0.29) is 5.82 Å². The lowest BCUT2D eigenvalue weighted by molar-refractivity contribution is 0.0684. The van der Waals surface area contributed by atoms with Crippen LogP contribution in [0.15, 0.2) is 24.3 Å². The van der Waals surface area contributed by atoms with Crippen molar-refractivity contribution in [2.24, 2.45) is 5.92 Å². The lowest BCUT2D eigenvalue weighted by atomic mass is 10.2. The zero-order chi connectivity index (χ0) is 12.5. The largest absolute Gasteiger partial charge is 0.475 e. The van der Waals surface area contributed by atoms with Crippen LogP contribution >= 0.6 is 0 Å². The Morgan fingerprint density at radius 3 is 2.83 bits per heavy atom. The summed E-state index contributed by atoms with van der Waals surface area (Å²) in [4.78, 5) is 19.1. The lowest BCUT2D eigenvalue weighted by Crippen LogP contribution is -2.10. The van der Waals surface area contributed by atoms with E-state index in [0.29, 0.717) is 17.3 Å². The molecule has 0 unspecified atom stereocenters. The summed E-state index contributed by atoms with van der Waals surface area (Å²) in [6, 6.07) is 7.43. The van der Waals surface area contributed by atoms with E-state index < -0.39 is 5.97 Å². The van der Waals surface area contributed by atoms with Gasteiger partial charge >= 0.3 is 5.97 Å². The van der Waals surface area contributed by atoms with Crippen molar-refractivity contribution in [3.63, 3.8) is 0 Å². The maximum atomic E-state index is 11.0. The van der Waals surface area contributed by atoms with E-state index in [1.807, 2.05) is 18.2 Å². The molecule has 1 saturated carbocycles. The maximum Gasteiger partial charge on any atom is 0.374 e. The van der Waals surface area contributed by atoms with Crippen LogP contribution < -0.4 is 5.32 Å². The van der Waals surface area contributed by atoms with Gasteiger partial charge in [0.2, 0.25) is 5.82 Å². The number of anilines is 1. The lowest BCUT2D eigenvalue weighted by Gasteiger charge is -2.08. The zero-order valence-electron chi connectivity index (χ0n) is 9.76. The summed E-state index contributed by atoms with van der Waals surface area (Å²) in [7, 11) is 0. The van der Waals surface area contributed by atoms with Crippen molar-refractivity contribution in [1.29, 1.82) is 0 Å². The van der Waals surface area contributed by atoms with Crippen LogP contribution in [0, 0.1) is 5.92 Å². The molecule has 92 valence electrons. The second kappa shape index (κ2) is 4.25. The van der Waals surface area contributed by atoms with E-state index in [9.17, 15) is 4.79 Å². The quantitative estimate of drug-likeness (QED) is 0.860. The highest BCUT2D eigenvalue weighted by Crippen LogP contribution is 2.29. The average Bonchev–Trinajstić information content (AvgIpc) is 3.19. The summed E-state index contributed by atoms with van der Waals surface area (Å²) in [6.07, 6.45) is 2.48. The Hall–Kier alpha value is -2.17. The summed E-state index contributed by atoms with van der Waals surface area (Å²) in [6.45, 7) is 0.847. The summed E-state index contributed by atoms with van der Waals surface area (Å²) in [5.74, 6) is 0.0547. The number of para-hydroxylation sites is 1. The first-order chi connectivity index (χ1) is 8.74. The van der Waals surface area contributed by atoms with E-state index in [0.717, 1.165) is 11.9 Å². The third-order valence-corrected chi connectivity index (χ3v) is 3.05. The minimum Gasteiger partial charge on any atom is -0.475 e. The van der Waals surface area contributed by atoms with Gasteiger partial charge in [-0.2, -0.15) is 0 Å². The molecule has 0 bridgehead atoms. The van der Waals surface area contributed by atoms with Crippen LogP contribution in [0.25, 0.3) is 10.9 Å². The second-order valence-electron chi connectivity index (χ2n) is 4.54. The van der Waals surface area contributed by atoms with Crippen molar-refractivity contribution in [1.82, 2.24) is 9.97 Å². The normalized spacial score (nSPS) is 14.7. The van der Waals surface area contributed by atoms with Gasteiger partial charge in [0.05, 0.1) is 5.52 Å². The average molecular weight is 243 g/mol. The van der Waals surface area contributed by atoms with Crippen LogP contribution in [0.1, 0.15) is 23.5 Å². The Morgan fingerprint density at radius 1 is 1.33 bits per heavy atom. The molecular formula is C13H13N3O2. The molecule has 1 aromatic carbocycles. The Labute approximate surface area is 104 Å². The van der Waals surface area contributed by atoms with Crippen LogP contribution in [0.5, 0.6) is 0 Å². The first-order valence-electron chi connectivity index (χ1n) is 5.98. The van der Waals surface area contributed by atoms with Gasteiger partial charge in [0.25, 0.3) is 0 Å². The van der Waals surface area contributed by atoms with E-state index in [4.69, 9.17) is 5.11 Å². The summed E-state index contributed by atoms with van der Waals surface area (Å²) in [5.41, 5.74) is 0.656. The Balaban J connectivity index is 2.03. The molecule has 1 aromatic heterocycles. The van der Waals surface area contributed by atoms with Gasteiger partial charge in [-0.25, -0.2) is 14.8 Å². The van der Waals surface area contributed by atoms with Gasteiger partial charge in [-0.1, -0.05) is 12.1 Å². The predicted molar refractivity (Wildman–Crippen MR) is 67.7 cm³/mol. The van der Waals surface area contributed by atoms with Gasteiger partial charge < -0.3 is 10.4 Å². The van der Waals surface area contributed by atoms with Crippen LogP contribution in [0.4, 0.5) is 5.82 Å². The standard InChI is InChI=1S/C13H13N3O2/c17-13(18)12-15-10-4-2-1-3-9(10)11(16-12)14-7-8-5-6-8/h1-4,8H,5-7H2,(H,17,18)(H,14,15,16). The van der Waals surface area contributed by atoms with Gasteiger partial charge in [-0.05, 0) is 30.9 Å². The first-order valence-corrected chi connectivity index (χ1v) is 5.98. The fourth-order valence-electron chi connectivity index (χ4n) is 1.87. The number of aromatic nitrogens is 2. The molecule has 1 fully saturated rings. The van der Waals surface area contributed by atoms with Crippen LogP contribution in [-0.4, -0.2) is 27.6 Å². The number of benzene rings is 1. The van der Waals surface area contributed by atoms with Crippen LogP contribution in [0.3, 0.4) is 0 Å². The number of hydrogen-bond acceptors (Lipinski definition) is 4. The second-order valence-corrected chi connectivity index (χ2v) is 4.54. The smallest absolute Gasteiger partial charge is 0.374 e. The number of carboxylic acids is 1. The summed E-state index contributed by atoms with van der Waals surface area (Å²) < 4.78 is 0. The highest BCUT2D eigenvalue weighted by Gasteiger charge is 2.21. The molecule has 1 heterocycles. The van der Waals surface area contributed by atoms with E-state index in [1.165, 1.54) is 12.8 Å². The van der Waals surface area contributed by atoms with E-state index in [2.05, 4.69) is 15.3 Å². The zero-order valence-corrected chi connectivity index (χ0v) is 9.76. The molecule has 0 aliphatic heterocycles. The van der Waals surface area contributed by atoms with Crippen molar-refractivity contribution in [2.45, 2.75) is 12.8 Å². The molecule has 1 aliphatic carbocycles. The van der Waals surface area contributed by atoms with Gasteiger partial charge in [0.1, 0.15) is 5.82 Å². The number of hydrogen-bond donors (Lipinski definition) is 2. The topological polar surface area (TPSA) is 75.1 Å². The van der Waals surface area contributed by atoms with Gasteiger partial charge in [-0.15, -0.1) is 0 Å². The number of aromatic carboxylic acids is 1. The molecular weight excluding hydrogens is 230 g/mol. The van der Waals surface area contributed by atoms with Gasteiger partial charge in [0.15, 0.2) is 0 Å². The predicted octanol–water partition coefficient (Wildman–Crippen LogP) is 2.15. The molecule has 0 saturated heterocycles. The van der Waals surface area contributed by atoms with Crippen molar-refractivity contribution >= 4 is 22.7 Å². The number of carboxylic acid groups (broad SMARTS) is 1. The number of nitrogens with one attached hydrogen (secondary N) is 1. The molecule has 5 nitrogen and oxygen atoms in total. The van der Waals surface area contributed by atoms with E-state index in [1.54, 1.807) is 6.07 Å². The molecule has 2 aromatic rings. The van der Waals surface area contributed by atoms with Crippen molar-refractivity contribution in [2.75, 3.05) is 11.9 Å². The molecule has 0 amide bonds. The number of carbonyl (C=O) groups is 1.